The number of carbonyl (C=O) groups is 2. The topological polar surface area (TPSA) is 115 Å². The number of amides is 2. The summed E-state index contributed by atoms with van der Waals surface area (Å²) in [6.07, 6.45) is 3.12. The number of rotatable bonds is 3. The first kappa shape index (κ1) is 19.3. The van der Waals surface area contributed by atoms with E-state index in [-0.39, 0.29) is 23.1 Å². The fraction of sp³-hybridized carbons (Fsp3) is 0.429. The van der Waals surface area contributed by atoms with Crippen molar-refractivity contribution in [1.82, 2.24) is 20.2 Å². The summed E-state index contributed by atoms with van der Waals surface area (Å²) in [5, 5.41) is 13.3. The third-order valence-electron chi connectivity index (χ3n) is 5.77. The molecule has 8 heteroatoms. The van der Waals surface area contributed by atoms with Gasteiger partial charge in [0.1, 0.15) is 5.69 Å². The first-order valence-electron chi connectivity index (χ1n) is 9.91. The lowest BCUT2D eigenvalue weighted by Gasteiger charge is -2.36. The average Bonchev–Trinajstić information content (AvgIpc) is 2.74. The number of hydrogen-bond donors (Lipinski definition) is 3. The summed E-state index contributed by atoms with van der Waals surface area (Å²) in [5.41, 5.74) is 1.92. The van der Waals surface area contributed by atoms with Crippen molar-refractivity contribution in [2.24, 2.45) is 5.92 Å². The molecule has 3 atom stereocenters. The van der Waals surface area contributed by atoms with E-state index in [1.807, 2.05) is 17.0 Å². The summed E-state index contributed by atoms with van der Waals surface area (Å²) in [6, 6.07) is 7.79. The maximum absolute atomic E-state index is 13.0. The number of fused-ring (bicyclic) bond motifs is 1. The van der Waals surface area contributed by atoms with Crippen LogP contribution in [0.3, 0.4) is 0 Å². The van der Waals surface area contributed by atoms with Gasteiger partial charge in [-0.15, -0.1) is 0 Å². The first-order chi connectivity index (χ1) is 14.0. The van der Waals surface area contributed by atoms with Crippen molar-refractivity contribution in [3.8, 4) is 0 Å². The molecule has 2 aliphatic rings. The number of H-pyrrole nitrogens is 1. The molecule has 2 aromatic rings. The molecule has 0 aromatic carbocycles. The smallest absolute Gasteiger partial charge is 0.268 e. The van der Waals surface area contributed by atoms with E-state index in [9.17, 15) is 19.5 Å². The number of pyridine rings is 2. The number of nitrogens with zero attached hydrogens (tertiary/aromatic N) is 2. The SMILES string of the molecule is O=C(N[C@@H]1CC[C@H](C(=O)N2CCc3ncccc3C2)C[C@H]1O)c1cccc(=O)[nH]1. The van der Waals surface area contributed by atoms with Gasteiger partial charge in [0, 0.05) is 43.4 Å². The Kier molecular flexibility index (Phi) is 5.44. The van der Waals surface area contributed by atoms with Crippen LogP contribution in [-0.4, -0.2) is 50.5 Å². The van der Waals surface area contributed by atoms with Crippen LogP contribution in [0.2, 0.25) is 0 Å². The zero-order chi connectivity index (χ0) is 20.4. The van der Waals surface area contributed by atoms with Gasteiger partial charge in [0.05, 0.1) is 12.1 Å². The minimum absolute atomic E-state index is 0.0516. The highest BCUT2D eigenvalue weighted by Crippen LogP contribution is 2.28. The van der Waals surface area contributed by atoms with Crippen LogP contribution in [0.5, 0.6) is 0 Å². The van der Waals surface area contributed by atoms with Crippen LogP contribution in [0, 0.1) is 5.92 Å². The highest BCUT2D eigenvalue weighted by molar-refractivity contribution is 5.92. The molecular weight excluding hydrogens is 372 g/mol. The van der Waals surface area contributed by atoms with E-state index in [1.165, 1.54) is 18.2 Å². The van der Waals surface area contributed by atoms with Gasteiger partial charge >= 0.3 is 0 Å². The van der Waals surface area contributed by atoms with Crippen LogP contribution in [0.15, 0.2) is 41.3 Å². The Bertz CT molecular complexity index is 973. The Morgan fingerprint density at radius 2 is 2.07 bits per heavy atom. The summed E-state index contributed by atoms with van der Waals surface area (Å²) in [4.78, 5) is 45.3. The van der Waals surface area contributed by atoms with E-state index >= 15 is 0 Å². The predicted octanol–water partition coefficient (Wildman–Crippen LogP) is 0.614. The summed E-state index contributed by atoms with van der Waals surface area (Å²) >= 11 is 0. The number of aromatic amines is 1. The van der Waals surface area contributed by atoms with Gasteiger partial charge < -0.3 is 20.3 Å². The summed E-state index contributed by atoms with van der Waals surface area (Å²) < 4.78 is 0. The molecule has 8 nitrogen and oxygen atoms in total. The van der Waals surface area contributed by atoms with Crippen molar-refractivity contribution in [2.75, 3.05) is 6.54 Å². The largest absolute Gasteiger partial charge is 0.391 e. The third-order valence-corrected chi connectivity index (χ3v) is 5.77. The van der Waals surface area contributed by atoms with Crippen molar-refractivity contribution in [3.05, 3.63) is 63.8 Å². The molecule has 0 radical (unpaired) electrons. The predicted molar refractivity (Wildman–Crippen MR) is 105 cm³/mol. The number of aliphatic hydroxyl groups is 1. The maximum atomic E-state index is 13.0. The summed E-state index contributed by atoms with van der Waals surface area (Å²) in [5.74, 6) is -0.639. The van der Waals surface area contributed by atoms with Crippen LogP contribution >= 0.6 is 0 Å². The zero-order valence-electron chi connectivity index (χ0n) is 16.0. The van der Waals surface area contributed by atoms with Crippen LogP contribution in [0.4, 0.5) is 0 Å². The van der Waals surface area contributed by atoms with Gasteiger partial charge in [-0.2, -0.15) is 0 Å². The van der Waals surface area contributed by atoms with Crippen LogP contribution < -0.4 is 10.9 Å². The fourth-order valence-electron chi connectivity index (χ4n) is 4.18. The standard InChI is InChI=1S/C21H24N4O4/c26-18-11-13(21(29)25-10-8-15-14(12-25)3-2-9-22-15)6-7-16(18)24-20(28)17-4-1-5-19(27)23-17/h1-5,9,13,16,18,26H,6-8,10-12H2,(H,23,27)(H,24,28)/t13-,16+,18+/m0/s1. The van der Waals surface area contributed by atoms with Crippen molar-refractivity contribution in [3.63, 3.8) is 0 Å². The Labute approximate surface area is 168 Å². The number of aliphatic hydroxyl groups excluding tert-OH is 1. The first-order valence-corrected chi connectivity index (χ1v) is 9.91. The van der Waals surface area contributed by atoms with Gasteiger partial charge in [-0.05, 0) is 37.0 Å². The van der Waals surface area contributed by atoms with Crippen molar-refractivity contribution >= 4 is 11.8 Å². The monoisotopic (exact) mass is 396 g/mol. The van der Waals surface area contributed by atoms with Crippen molar-refractivity contribution in [2.45, 2.75) is 44.4 Å². The highest BCUT2D eigenvalue weighted by atomic mass is 16.3. The van der Waals surface area contributed by atoms with E-state index in [4.69, 9.17) is 0 Å². The molecule has 4 rings (SSSR count). The van der Waals surface area contributed by atoms with Gasteiger partial charge in [0.25, 0.3) is 5.91 Å². The molecule has 3 N–H and O–H groups in total. The highest BCUT2D eigenvalue weighted by Gasteiger charge is 2.36. The molecule has 1 fully saturated rings. The summed E-state index contributed by atoms with van der Waals surface area (Å²) in [6.45, 7) is 1.19. The molecule has 152 valence electrons. The molecule has 1 aliphatic heterocycles. The van der Waals surface area contributed by atoms with Crippen LogP contribution in [-0.2, 0) is 17.8 Å². The minimum atomic E-state index is -0.809. The quantitative estimate of drug-likeness (QED) is 0.703. The van der Waals surface area contributed by atoms with E-state index in [0.29, 0.717) is 32.4 Å². The molecule has 3 heterocycles. The molecule has 0 spiro atoms. The number of hydrogen-bond acceptors (Lipinski definition) is 5. The van der Waals surface area contributed by atoms with Crippen LogP contribution in [0.25, 0.3) is 0 Å². The van der Waals surface area contributed by atoms with Gasteiger partial charge in [-0.3, -0.25) is 19.4 Å². The van der Waals surface area contributed by atoms with E-state index < -0.39 is 18.1 Å². The zero-order valence-corrected chi connectivity index (χ0v) is 16.0. The Morgan fingerprint density at radius 3 is 2.86 bits per heavy atom. The van der Waals surface area contributed by atoms with Gasteiger partial charge in [0.2, 0.25) is 11.5 Å². The lowest BCUT2D eigenvalue weighted by molar-refractivity contribution is -0.139. The van der Waals surface area contributed by atoms with E-state index in [0.717, 1.165) is 17.7 Å². The molecule has 0 unspecified atom stereocenters. The van der Waals surface area contributed by atoms with Gasteiger partial charge in [0.15, 0.2) is 0 Å². The maximum Gasteiger partial charge on any atom is 0.268 e. The molecule has 1 saturated carbocycles. The minimum Gasteiger partial charge on any atom is -0.391 e. The lowest BCUT2D eigenvalue weighted by Crippen LogP contribution is -2.50. The molecular formula is C21H24N4O4. The fourth-order valence-corrected chi connectivity index (χ4v) is 4.18. The molecule has 2 amide bonds. The molecule has 0 saturated heterocycles. The number of aromatic nitrogens is 2. The van der Waals surface area contributed by atoms with Crippen molar-refractivity contribution in [1.29, 1.82) is 0 Å². The second-order valence-electron chi connectivity index (χ2n) is 7.71. The Balaban J connectivity index is 1.35. The Hall–Kier alpha value is -3.00. The molecule has 0 bridgehead atoms. The van der Waals surface area contributed by atoms with Crippen LogP contribution in [0.1, 0.15) is 41.0 Å². The normalized spacial score (nSPS) is 23.9. The second-order valence-corrected chi connectivity index (χ2v) is 7.71. The average molecular weight is 396 g/mol. The number of carbonyl (C=O) groups excluding carboxylic acids is 2. The van der Waals surface area contributed by atoms with Gasteiger partial charge in [-0.1, -0.05) is 12.1 Å². The van der Waals surface area contributed by atoms with E-state index in [2.05, 4.69) is 15.3 Å². The lowest BCUT2D eigenvalue weighted by atomic mass is 9.82. The Morgan fingerprint density at radius 1 is 1.21 bits per heavy atom. The molecule has 1 aliphatic carbocycles. The number of nitrogens with one attached hydrogen (secondary N) is 2. The molecule has 29 heavy (non-hydrogen) atoms. The van der Waals surface area contributed by atoms with Gasteiger partial charge in [-0.25, -0.2) is 0 Å². The third kappa shape index (κ3) is 4.22. The van der Waals surface area contributed by atoms with Crippen molar-refractivity contribution < 1.29 is 14.7 Å². The summed E-state index contributed by atoms with van der Waals surface area (Å²) in [7, 11) is 0. The van der Waals surface area contributed by atoms with E-state index in [1.54, 1.807) is 6.20 Å². The second kappa shape index (κ2) is 8.16. The molecule has 2 aromatic heterocycles.